The van der Waals surface area contributed by atoms with E-state index in [4.69, 9.17) is 65.4 Å². The first-order valence-corrected chi connectivity index (χ1v) is 27.1. The van der Waals surface area contributed by atoms with E-state index in [0.717, 1.165) is 46.5 Å². The number of benzene rings is 4. The van der Waals surface area contributed by atoms with E-state index in [1.165, 1.54) is 0 Å². The third-order valence-electron chi connectivity index (χ3n) is 11.7. The number of likely N-dealkylation sites (N-methyl/N-ethyl adjacent to an activating group) is 2. The van der Waals surface area contributed by atoms with Gasteiger partial charge < -0.3 is 44.3 Å². The fraction of sp³-hybridized carbons (Fsp3) is 0.468. The first kappa shape index (κ1) is 56.3. The van der Waals surface area contributed by atoms with Gasteiger partial charge in [-0.3, -0.25) is 10.1 Å². The molecule has 2 aliphatic rings. The molecule has 0 saturated carbocycles. The Labute approximate surface area is 430 Å². The number of hydrogen-bond donors (Lipinski definition) is 6. The number of hydrogen-bond acceptors (Lipinski definition) is 14. The molecule has 1 amide bonds. The van der Waals surface area contributed by atoms with Crippen molar-refractivity contribution >= 4 is 72.4 Å². The smallest absolute Gasteiger partial charge is 0.253 e. The molecule has 0 radical (unpaired) electrons. The van der Waals surface area contributed by atoms with Gasteiger partial charge in [-0.05, 0) is 96.0 Å². The molecule has 4 atom stereocenters. The molecule has 0 bridgehead atoms. The maximum atomic E-state index is 12.9. The van der Waals surface area contributed by atoms with Crippen molar-refractivity contribution < 1.29 is 50.8 Å². The Kier molecular flexibility index (Phi) is 21.5. The number of aliphatic hydroxyl groups excluding tert-OH is 2. The summed E-state index contributed by atoms with van der Waals surface area (Å²) in [4.78, 5) is 16.9. The van der Waals surface area contributed by atoms with E-state index in [1.807, 2.05) is 26.2 Å². The summed E-state index contributed by atoms with van der Waals surface area (Å²) < 4.78 is 78.6. The number of aliphatic hydroxyl groups is 2. The second kappa shape index (κ2) is 26.8. The van der Waals surface area contributed by atoms with Crippen LogP contribution >= 0.6 is 46.4 Å². The van der Waals surface area contributed by atoms with Crippen LogP contribution in [0.15, 0.2) is 82.6 Å². The van der Waals surface area contributed by atoms with Crippen LogP contribution in [0, 0.1) is 0 Å². The molecule has 4 unspecified atom stereocenters. The predicted octanol–water partition coefficient (Wildman–Crippen LogP) is 4.16. The minimum atomic E-state index is -3.78. The van der Waals surface area contributed by atoms with Gasteiger partial charge in [0.1, 0.15) is 6.23 Å². The maximum absolute atomic E-state index is 12.9. The van der Waals surface area contributed by atoms with Gasteiger partial charge in [-0.2, -0.15) is 0 Å². The van der Waals surface area contributed by atoms with Crippen LogP contribution < -0.4 is 20.1 Å². The molecule has 0 aromatic heterocycles. The molecule has 4 aromatic rings. The number of rotatable bonds is 27. The number of carbonyl (C=O) groups is 1. The van der Waals surface area contributed by atoms with E-state index in [-0.39, 0.29) is 101 Å². The van der Waals surface area contributed by atoms with Crippen LogP contribution in [-0.4, -0.2) is 161 Å². The average molecular weight is 1090 g/mol. The summed E-state index contributed by atoms with van der Waals surface area (Å²) in [5.74, 6) is -0.838. The highest BCUT2D eigenvalue weighted by Crippen LogP contribution is 2.40. The van der Waals surface area contributed by atoms with E-state index in [9.17, 15) is 31.8 Å². The van der Waals surface area contributed by atoms with Crippen LogP contribution in [0.5, 0.6) is 0 Å². The molecule has 4 aromatic carbocycles. The monoisotopic (exact) mass is 1090 g/mol. The van der Waals surface area contributed by atoms with Gasteiger partial charge in [-0.1, -0.05) is 70.7 Å². The van der Waals surface area contributed by atoms with Crippen molar-refractivity contribution in [3.63, 3.8) is 0 Å². The van der Waals surface area contributed by atoms with Gasteiger partial charge in [0.25, 0.3) is 5.91 Å². The lowest BCUT2D eigenvalue weighted by Crippen LogP contribution is -2.50. The number of halogens is 4. The highest BCUT2D eigenvalue weighted by molar-refractivity contribution is 7.89. The van der Waals surface area contributed by atoms with Crippen LogP contribution in [0.2, 0.25) is 20.1 Å². The average Bonchev–Trinajstić information content (AvgIpc) is 3.32. The van der Waals surface area contributed by atoms with Crippen molar-refractivity contribution in [2.75, 3.05) is 106 Å². The zero-order valence-corrected chi connectivity index (χ0v) is 43.5. The van der Waals surface area contributed by atoms with E-state index in [1.54, 1.807) is 60.7 Å². The number of sulfonamides is 2. The highest BCUT2D eigenvalue weighted by atomic mass is 35.5. The molecule has 6 rings (SSSR count). The Bertz CT molecular complexity index is 2590. The fourth-order valence-corrected chi connectivity index (χ4v) is 11.4. The second-order valence-corrected chi connectivity index (χ2v) is 22.1. The largest absolute Gasteiger partial charge is 0.379 e. The number of carbonyl (C=O) groups excluding carboxylic acids is 1. The first-order valence-electron chi connectivity index (χ1n) is 22.6. The predicted molar refractivity (Wildman–Crippen MR) is 269 cm³/mol. The van der Waals surface area contributed by atoms with Gasteiger partial charge in [-0.15, -0.1) is 0 Å². The van der Waals surface area contributed by atoms with Crippen LogP contribution in [0.1, 0.15) is 45.2 Å². The molecule has 384 valence electrons. The third-order valence-corrected chi connectivity index (χ3v) is 15.8. The Balaban J connectivity index is 0.749. The van der Waals surface area contributed by atoms with E-state index >= 15 is 0 Å². The lowest BCUT2D eigenvalue weighted by atomic mass is 9.85. The van der Waals surface area contributed by atoms with Crippen LogP contribution in [-0.2, 0) is 56.9 Å². The molecule has 0 aliphatic carbocycles. The number of nitrogens with zero attached hydrogens (tertiary/aromatic N) is 2. The number of ether oxygens (including phenoxy) is 4. The molecule has 6 N–H and O–H groups in total. The summed E-state index contributed by atoms with van der Waals surface area (Å²) in [7, 11) is -3.54. The Morgan fingerprint density at radius 2 is 0.986 bits per heavy atom. The van der Waals surface area contributed by atoms with Crippen molar-refractivity contribution in [2.24, 2.45) is 0 Å². The van der Waals surface area contributed by atoms with E-state index in [0.29, 0.717) is 33.2 Å². The quantitative estimate of drug-likeness (QED) is 0.0366. The lowest BCUT2D eigenvalue weighted by Gasteiger charge is -2.33. The van der Waals surface area contributed by atoms with Gasteiger partial charge in [-0.25, -0.2) is 26.3 Å². The molecule has 0 fully saturated rings. The SMILES string of the molecule is CN1Cc2c(Cl)cc(Cl)cc2C(c2ccc(S(=O)(=O)NCCOCCOCCNC(=O)C(O)C(O)NCCOCCOCCNS(=O)(=O)c3ccc(C4CN(C)Cc5c(Cl)cc(Cl)cc54)cc3)cc2)C1. The molecule has 23 heteroatoms. The van der Waals surface area contributed by atoms with E-state index < -0.39 is 38.3 Å². The van der Waals surface area contributed by atoms with Gasteiger partial charge >= 0.3 is 0 Å². The van der Waals surface area contributed by atoms with Crippen molar-refractivity contribution in [1.29, 1.82) is 0 Å². The van der Waals surface area contributed by atoms with Crippen molar-refractivity contribution in [2.45, 2.75) is 47.0 Å². The molecule has 2 aliphatic heterocycles. The van der Waals surface area contributed by atoms with Crippen LogP contribution in [0.3, 0.4) is 0 Å². The lowest BCUT2D eigenvalue weighted by molar-refractivity contribution is -0.136. The number of amides is 1. The van der Waals surface area contributed by atoms with E-state index in [2.05, 4.69) is 29.9 Å². The summed E-state index contributed by atoms with van der Waals surface area (Å²) in [6.45, 7) is 4.33. The zero-order chi connectivity index (χ0) is 50.4. The summed E-state index contributed by atoms with van der Waals surface area (Å²) in [6, 6.07) is 20.8. The Morgan fingerprint density at radius 3 is 1.40 bits per heavy atom. The highest BCUT2D eigenvalue weighted by Gasteiger charge is 2.30. The molecule has 0 saturated heterocycles. The first-order chi connectivity index (χ1) is 33.4. The topological polar surface area (TPSA) is 217 Å². The molecular formula is C47H60Cl4N6O11S2. The molecule has 2 heterocycles. The van der Waals surface area contributed by atoms with Crippen molar-refractivity contribution in [3.8, 4) is 0 Å². The molecule has 0 spiro atoms. The number of nitrogens with one attached hydrogen (secondary N) is 4. The van der Waals surface area contributed by atoms with Crippen molar-refractivity contribution in [1.82, 2.24) is 29.9 Å². The van der Waals surface area contributed by atoms with Crippen LogP contribution in [0.4, 0.5) is 0 Å². The normalized spacial score (nSPS) is 17.5. The summed E-state index contributed by atoms with van der Waals surface area (Å²) in [5, 5.41) is 27.8. The minimum Gasteiger partial charge on any atom is -0.379 e. The summed E-state index contributed by atoms with van der Waals surface area (Å²) >= 11 is 25.6. The van der Waals surface area contributed by atoms with Crippen LogP contribution in [0.25, 0.3) is 0 Å². The summed E-state index contributed by atoms with van der Waals surface area (Å²) in [5.41, 5.74) is 6.00. The van der Waals surface area contributed by atoms with Gasteiger partial charge in [0.15, 0.2) is 6.10 Å². The summed E-state index contributed by atoms with van der Waals surface area (Å²) in [6.07, 6.45) is -3.30. The van der Waals surface area contributed by atoms with Gasteiger partial charge in [0.05, 0.1) is 62.6 Å². The second-order valence-electron chi connectivity index (χ2n) is 16.9. The Hall–Kier alpha value is -3.03. The third kappa shape index (κ3) is 16.0. The fourth-order valence-electron chi connectivity index (χ4n) is 8.21. The molecular weight excluding hydrogens is 1030 g/mol. The maximum Gasteiger partial charge on any atom is 0.253 e. The van der Waals surface area contributed by atoms with Gasteiger partial charge in [0.2, 0.25) is 20.0 Å². The van der Waals surface area contributed by atoms with Gasteiger partial charge in [0, 0.05) is 84.3 Å². The Morgan fingerprint density at radius 1 is 0.600 bits per heavy atom. The number of fused-ring (bicyclic) bond motifs is 2. The zero-order valence-electron chi connectivity index (χ0n) is 38.8. The van der Waals surface area contributed by atoms with Crippen molar-refractivity contribution in [3.05, 3.63) is 126 Å². The molecule has 70 heavy (non-hydrogen) atoms. The molecule has 17 nitrogen and oxygen atoms in total. The minimum absolute atomic E-state index is 0.0160. The standard InChI is InChI=1S/C47H60Cl4N6O11S2/c1-56-27-39(37-23-33(48)25-43(50)41(37)29-56)31-3-7-35(8-4-31)69(61,62)54-13-17-67-21-19-65-15-11-52-46(59)45(58)47(60)53-12-16-66-20-22-68-18-14-55-70(63,64)36-9-5-32(6-10-36)40-28-57(2)30-42-38(40)24-34(49)26-44(42)51/h3-10,23-26,39-40,45-46,52,54-55,58-59H,11-22,27-30H2,1-2H3,(H,53,60).